The average molecular weight is 551 g/mol. The predicted molar refractivity (Wildman–Crippen MR) is 105 cm³/mol. The van der Waals surface area contributed by atoms with Crippen LogP contribution in [0.1, 0.15) is 50.5 Å². The summed E-state index contributed by atoms with van der Waals surface area (Å²) in [6.07, 6.45) is 10.8. The average Bonchev–Trinajstić information content (AvgIpc) is 2.46. The Morgan fingerprint density at radius 3 is 1.96 bits per heavy atom. The lowest BCUT2D eigenvalue weighted by Gasteiger charge is -2.57. The third-order valence-electron chi connectivity index (χ3n) is 6.94. The smallest absolute Gasteiger partial charge is 0.104 e. The summed E-state index contributed by atoms with van der Waals surface area (Å²) in [6, 6.07) is 9.11. The minimum absolute atomic E-state index is 0. The van der Waals surface area contributed by atoms with Crippen LogP contribution in [0.4, 0.5) is 0 Å². The number of nitrogens with zero attached hydrogens (tertiary/aromatic N) is 1. The fourth-order valence-corrected chi connectivity index (χ4v) is 6.66. The SMILES string of the molecule is C[N+](C)(CCC12CC3CC(CC(C3)C1)C2)Cc1ccc(I)cc1.[I-]. The van der Waals surface area contributed by atoms with Gasteiger partial charge in [-0.15, -0.1) is 0 Å². The van der Waals surface area contributed by atoms with Crippen LogP contribution in [0.5, 0.6) is 0 Å². The fourth-order valence-electron chi connectivity index (χ4n) is 6.30. The number of benzene rings is 1. The summed E-state index contributed by atoms with van der Waals surface area (Å²) < 4.78 is 2.48. The van der Waals surface area contributed by atoms with Crippen LogP contribution >= 0.6 is 22.6 Å². The molecule has 0 aromatic heterocycles. The van der Waals surface area contributed by atoms with Crippen molar-refractivity contribution in [1.82, 2.24) is 0 Å². The monoisotopic (exact) mass is 551 g/mol. The van der Waals surface area contributed by atoms with Gasteiger partial charge in [0.05, 0.1) is 20.6 Å². The third kappa shape index (κ3) is 4.30. The summed E-state index contributed by atoms with van der Waals surface area (Å²) in [4.78, 5) is 0. The van der Waals surface area contributed by atoms with E-state index in [1.165, 1.54) is 28.6 Å². The molecule has 0 saturated heterocycles. The van der Waals surface area contributed by atoms with Crippen molar-refractivity contribution in [2.45, 2.75) is 51.5 Å². The first kappa shape index (κ1) is 19.4. The zero-order chi connectivity index (χ0) is 16.1. The molecule has 1 nitrogen and oxygen atoms in total. The lowest BCUT2D eigenvalue weighted by Crippen LogP contribution is -3.00. The van der Waals surface area contributed by atoms with Crippen LogP contribution in [0.15, 0.2) is 24.3 Å². The van der Waals surface area contributed by atoms with Crippen molar-refractivity contribution < 1.29 is 28.5 Å². The summed E-state index contributed by atoms with van der Waals surface area (Å²) in [6.45, 7) is 2.52. The van der Waals surface area contributed by atoms with Crippen molar-refractivity contribution in [2.24, 2.45) is 23.2 Å². The highest BCUT2D eigenvalue weighted by molar-refractivity contribution is 14.1. The standard InChI is InChI=1S/C21H31IN.HI/c1-23(2,15-16-3-5-20(22)6-4-16)8-7-21-12-17-9-18(13-21)11-19(10-17)14-21;/h3-6,17-19H,7-15H2,1-2H3;1H/q+1;/p-1. The van der Waals surface area contributed by atoms with Gasteiger partial charge in [-0.3, -0.25) is 0 Å². The Balaban J connectivity index is 0.00000169. The normalized spacial score (nSPS) is 34.2. The number of rotatable bonds is 5. The molecule has 0 N–H and O–H groups in total. The molecular formula is C21H31I2N. The summed E-state index contributed by atoms with van der Waals surface area (Å²) in [5.74, 6) is 3.27. The van der Waals surface area contributed by atoms with E-state index in [-0.39, 0.29) is 24.0 Å². The molecule has 3 heteroatoms. The molecule has 4 aliphatic rings. The van der Waals surface area contributed by atoms with E-state index in [1.54, 1.807) is 38.5 Å². The second-order valence-electron chi connectivity index (χ2n) is 9.61. The molecule has 1 aromatic rings. The maximum atomic E-state index is 2.43. The lowest BCUT2D eigenvalue weighted by molar-refractivity contribution is -0.904. The molecule has 24 heavy (non-hydrogen) atoms. The van der Waals surface area contributed by atoms with Crippen molar-refractivity contribution in [1.29, 1.82) is 0 Å². The van der Waals surface area contributed by atoms with Gasteiger partial charge in [0.1, 0.15) is 6.54 Å². The molecule has 0 aliphatic heterocycles. The van der Waals surface area contributed by atoms with Crippen LogP contribution in [0, 0.1) is 26.7 Å². The number of halogens is 2. The van der Waals surface area contributed by atoms with Crippen LogP contribution < -0.4 is 24.0 Å². The van der Waals surface area contributed by atoms with E-state index in [2.05, 4.69) is 61.0 Å². The molecule has 0 atom stereocenters. The Hall–Kier alpha value is 0.640. The molecule has 0 heterocycles. The van der Waals surface area contributed by atoms with E-state index in [9.17, 15) is 0 Å². The molecule has 4 aliphatic carbocycles. The topological polar surface area (TPSA) is 0 Å². The molecule has 1 aromatic carbocycles. The first-order chi connectivity index (χ1) is 10.9. The molecule has 5 rings (SSSR count). The van der Waals surface area contributed by atoms with E-state index in [0.29, 0.717) is 0 Å². The highest BCUT2D eigenvalue weighted by atomic mass is 127. The van der Waals surface area contributed by atoms with Crippen molar-refractivity contribution in [2.75, 3.05) is 20.6 Å². The molecule has 0 spiro atoms. The van der Waals surface area contributed by atoms with Gasteiger partial charge in [0.15, 0.2) is 0 Å². The van der Waals surface area contributed by atoms with Gasteiger partial charge in [-0.2, -0.15) is 0 Å². The van der Waals surface area contributed by atoms with Gasteiger partial charge >= 0.3 is 0 Å². The highest BCUT2D eigenvalue weighted by Gasteiger charge is 2.51. The van der Waals surface area contributed by atoms with Crippen molar-refractivity contribution in [3.8, 4) is 0 Å². The summed E-state index contributed by atoms with van der Waals surface area (Å²) in [7, 11) is 4.86. The Morgan fingerprint density at radius 2 is 1.46 bits per heavy atom. The van der Waals surface area contributed by atoms with E-state index >= 15 is 0 Å². The largest absolute Gasteiger partial charge is 1.00 e. The van der Waals surface area contributed by atoms with Gasteiger partial charge < -0.3 is 28.5 Å². The summed E-state index contributed by atoms with van der Waals surface area (Å²) >= 11 is 2.40. The van der Waals surface area contributed by atoms with E-state index in [0.717, 1.165) is 27.7 Å². The van der Waals surface area contributed by atoms with Crippen LogP contribution in [-0.2, 0) is 6.54 Å². The van der Waals surface area contributed by atoms with Gasteiger partial charge in [0.25, 0.3) is 0 Å². The van der Waals surface area contributed by atoms with Crippen molar-refractivity contribution in [3.05, 3.63) is 33.4 Å². The van der Waals surface area contributed by atoms with Crippen LogP contribution in [0.25, 0.3) is 0 Å². The molecule has 134 valence electrons. The summed E-state index contributed by atoms with van der Waals surface area (Å²) in [5.41, 5.74) is 2.22. The minimum Gasteiger partial charge on any atom is -1.00 e. The second-order valence-corrected chi connectivity index (χ2v) is 10.9. The predicted octanol–water partition coefficient (Wildman–Crippen LogP) is 2.48. The molecule has 0 amide bonds. The number of hydrogen-bond donors (Lipinski definition) is 0. The van der Waals surface area contributed by atoms with E-state index in [1.807, 2.05) is 0 Å². The van der Waals surface area contributed by atoms with E-state index < -0.39 is 0 Å². The number of quaternary nitrogens is 1. The Labute approximate surface area is 178 Å². The Bertz CT molecular complexity index is 528. The molecule has 0 radical (unpaired) electrons. The lowest BCUT2D eigenvalue weighted by atomic mass is 9.49. The van der Waals surface area contributed by atoms with Crippen LogP contribution in [0.3, 0.4) is 0 Å². The zero-order valence-electron chi connectivity index (χ0n) is 15.1. The zero-order valence-corrected chi connectivity index (χ0v) is 19.4. The summed E-state index contributed by atoms with van der Waals surface area (Å²) in [5, 5.41) is 0. The maximum absolute atomic E-state index is 2.43. The van der Waals surface area contributed by atoms with Gasteiger partial charge in [-0.05, 0) is 96.4 Å². The van der Waals surface area contributed by atoms with Gasteiger partial charge in [-0.25, -0.2) is 0 Å². The van der Waals surface area contributed by atoms with Gasteiger partial charge in [0, 0.05) is 15.6 Å². The van der Waals surface area contributed by atoms with Gasteiger partial charge in [-0.1, -0.05) is 12.1 Å². The van der Waals surface area contributed by atoms with Crippen molar-refractivity contribution >= 4 is 22.6 Å². The minimum atomic E-state index is 0. The molecule has 4 bridgehead atoms. The van der Waals surface area contributed by atoms with Crippen LogP contribution in [-0.4, -0.2) is 25.1 Å². The number of hydrogen-bond acceptors (Lipinski definition) is 0. The Kier molecular flexibility index (Phi) is 5.93. The second kappa shape index (κ2) is 7.34. The molecule has 4 fully saturated rings. The molecule has 4 saturated carbocycles. The van der Waals surface area contributed by atoms with Gasteiger partial charge in [0.2, 0.25) is 0 Å². The van der Waals surface area contributed by atoms with Crippen LogP contribution in [0.2, 0.25) is 0 Å². The Morgan fingerprint density at radius 1 is 0.958 bits per heavy atom. The van der Waals surface area contributed by atoms with Crippen molar-refractivity contribution in [3.63, 3.8) is 0 Å². The molecule has 0 unspecified atom stereocenters. The highest BCUT2D eigenvalue weighted by Crippen LogP contribution is 2.61. The third-order valence-corrected chi connectivity index (χ3v) is 7.66. The first-order valence-corrected chi connectivity index (χ1v) is 10.6. The maximum Gasteiger partial charge on any atom is 0.104 e. The fraction of sp³-hybridized carbons (Fsp3) is 0.714. The quantitative estimate of drug-likeness (QED) is 0.390. The van der Waals surface area contributed by atoms with E-state index in [4.69, 9.17) is 0 Å². The first-order valence-electron chi connectivity index (χ1n) is 9.48. The molecular weight excluding hydrogens is 520 g/mol.